The smallest absolute Gasteiger partial charge is 0.335 e. The van der Waals surface area contributed by atoms with Crippen LogP contribution >= 0.6 is 15.9 Å². The van der Waals surface area contributed by atoms with Crippen LogP contribution in [0.3, 0.4) is 0 Å². The largest absolute Gasteiger partial charge is 0.490 e. The van der Waals surface area contributed by atoms with Gasteiger partial charge in [0.15, 0.2) is 11.5 Å². The molecule has 1 aliphatic rings. The van der Waals surface area contributed by atoms with Crippen LogP contribution in [-0.2, 0) is 22.8 Å². The number of aryl methyl sites for hydroxylation is 1. The van der Waals surface area contributed by atoms with E-state index in [0.717, 1.165) is 16.0 Å². The highest BCUT2D eigenvalue weighted by Crippen LogP contribution is 2.38. The van der Waals surface area contributed by atoms with Crippen molar-refractivity contribution in [1.82, 2.24) is 5.32 Å². The molecule has 0 spiro atoms. The van der Waals surface area contributed by atoms with Crippen molar-refractivity contribution >= 4 is 51.2 Å². The lowest BCUT2D eigenvalue weighted by Crippen LogP contribution is -2.54. The van der Waals surface area contributed by atoms with Gasteiger partial charge in [0.1, 0.15) is 24.5 Å². The Balaban J connectivity index is 1.35. The highest BCUT2D eigenvalue weighted by atomic mass is 79.9. The Bertz CT molecular complexity index is 1840. The first-order valence-corrected chi connectivity index (χ1v) is 14.9. The van der Waals surface area contributed by atoms with Gasteiger partial charge in [-0.25, -0.2) is 9.69 Å². The SMILES string of the molecule is CCOc1cc(/C=C2\C(=O)NC(=O)N(c3ccc(OCc4ccc(C)cc4)cc3)C2=O)cc(Br)c1OCc1cccc([N+](=O)[O-])c1. The van der Waals surface area contributed by atoms with Gasteiger partial charge in [0, 0.05) is 12.1 Å². The number of amides is 4. The molecule has 0 aromatic heterocycles. The van der Waals surface area contributed by atoms with Crippen molar-refractivity contribution in [3.8, 4) is 17.2 Å². The van der Waals surface area contributed by atoms with Crippen LogP contribution in [0.2, 0.25) is 0 Å². The third kappa shape index (κ3) is 7.41. The van der Waals surface area contributed by atoms with Crippen molar-refractivity contribution in [2.24, 2.45) is 0 Å². The second-order valence-electron chi connectivity index (χ2n) is 10.2. The summed E-state index contributed by atoms with van der Waals surface area (Å²) in [6.07, 6.45) is 1.35. The van der Waals surface area contributed by atoms with E-state index in [2.05, 4.69) is 21.2 Å². The lowest BCUT2D eigenvalue weighted by atomic mass is 10.1. The summed E-state index contributed by atoms with van der Waals surface area (Å²) in [5.74, 6) is -0.461. The van der Waals surface area contributed by atoms with E-state index < -0.39 is 22.8 Å². The average molecular weight is 687 g/mol. The molecule has 46 heavy (non-hydrogen) atoms. The predicted molar refractivity (Wildman–Crippen MR) is 174 cm³/mol. The Hall–Kier alpha value is -5.49. The monoisotopic (exact) mass is 685 g/mol. The molecular weight excluding hydrogens is 658 g/mol. The van der Waals surface area contributed by atoms with Gasteiger partial charge in [0.25, 0.3) is 17.5 Å². The van der Waals surface area contributed by atoms with Crippen LogP contribution in [0.1, 0.15) is 29.2 Å². The zero-order valence-corrected chi connectivity index (χ0v) is 26.4. The van der Waals surface area contributed by atoms with E-state index in [4.69, 9.17) is 14.2 Å². The van der Waals surface area contributed by atoms with Crippen LogP contribution in [0.25, 0.3) is 6.08 Å². The van der Waals surface area contributed by atoms with Crippen molar-refractivity contribution in [3.05, 3.63) is 127 Å². The van der Waals surface area contributed by atoms with E-state index in [1.54, 1.807) is 55.5 Å². The average Bonchev–Trinajstić information content (AvgIpc) is 3.03. The van der Waals surface area contributed by atoms with E-state index in [1.165, 1.54) is 18.2 Å². The second-order valence-corrected chi connectivity index (χ2v) is 11.1. The molecular formula is C34H28BrN3O8. The van der Waals surface area contributed by atoms with Crippen LogP contribution in [0, 0.1) is 17.0 Å². The number of hydrogen-bond acceptors (Lipinski definition) is 8. The Morgan fingerprint density at radius 1 is 0.891 bits per heavy atom. The number of carbonyl (C=O) groups is 3. The van der Waals surface area contributed by atoms with Gasteiger partial charge >= 0.3 is 6.03 Å². The summed E-state index contributed by atoms with van der Waals surface area (Å²) in [6.45, 7) is 4.44. The minimum Gasteiger partial charge on any atom is -0.490 e. The molecule has 234 valence electrons. The number of halogens is 1. The van der Waals surface area contributed by atoms with Crippen LogP contribution < -0.4 is 24.4 Å². The van der Waals surface area contributed by atoms with E-state index in [-0.39, 0.29) is 30.2 Å². The first-order valence-electron chi connectivity index (χ1n) is 14.1. The standard InChI is InChI=1S/C34H28BrN3O8/c1-3-44-30-18-24(17-29(35)31(30)46-20-23-5-4-6-26(15-23)38(42)43)16-28-32(39)36-34(41)37(33(28)40)25-11-13-27(14-12-25)45-19-22-9-7-21(2)8-10-22/h4-18H,3,19-20H2,1-2H3,(H,36,39,41)/b28-16+. The highest BCUT2D eigenvalue weighted by molar-refractivity contribution is 9.10. The number of urea groups is 1. The van der Waals surface area contributed by atoms with Gasteiger partial charge in [0.05, 0.1) is 21.7 Å². The number of barbiturate groups is 1. The highest BCUT2D eigenvalue weighted by Gasteiger charge is 2.37. The summed E-state index contributed by atoms with van der Waals surface area (Å²) < 4.78 is 18.0. The van der Waals surface area contributed by atoms with Crippen LogP contribution in [0.5, 0.6) is 17.2 Å². The Kier molecular flexibility index (Phi) is 9.77. The molecule has 0 unspecified atom stereocenters. The molecule has 4 aromatic carbocycles. The maximum absolute atomic E-state index is 13.5. The predicted octanol–water partition coefficient (Wildman–Crippen LogP) is 6.89. The fourth-order valence-electron chi connectivity index (χ4n) is 4.59. The lowest BCUT2D eigenvalue weighted by molar-refractivity contribution is -0.384. The number of nitrogens with zero attached hydrogens (tertiary/aromatic N) is 2. The zero-order chi connectivity index (χ0) is 32.8. The molecule has 1 saturated heterocycles. The molecule has 0 aliphatic carbocycles. The number of benzene rings is 4. The van der Waals surface area contributed by atoms with E-state index >= 15 is 0 Å². The van der Waals surface area contributed by atoms with Crippen molar-refractivity contribution in [2.45, 2.75) is 27.1 Å². The molecule has 0 radical (unpaired) electrons. The molecule has 0 atom stereocenters. The van der Waals surface area contributed by atoms with Crippen molar-refractivity contribution in [2.75, 3.05) is 11.5 Å². The molecule has 4 aromatic rings. The van der Waals surface area contributed by atoms with Gasteiger partial charge in [-0.15, -0.1) is 0 Å². The number of rotatable bonds is 11. The first-order chi connectivity index (χ1) is 22.1. The van der Waals surface area contributed by atoms with Crippen molar-refractivity contribution < 1.29 is 33.5 Å². The number of anilines is 1. The zero-order valence-electron chi connectivity index (χ0n) is 24.8. The number of imide groups is 2. The fourth-order valence-corrected chi connectivity index (χ4v) is 5.16. The van der Waals surface area contributed by atoms with Gasteiger partial charge in [-0.05, 0) is 88.9 Å². The van der Waals surface area contributed by atoms with Crippen molar-refractivity contribution in [3.63, 3.8) is 0 Å². The van der Waals surface area contributed by atoms with Crippen LogP contribution in [0.4, 0.5) is 16.2 Å². The topological polar surface area (TPSA) is 137 Å². The second kappa shape index (κ2) is 14.1. The van der Waals surface area contributed by atoms with Crippen LogP contribution in [0.15, 0.2) is 95.0 Å². The lowest BCUT2D eigenvalue weighted by Gasteiger charge is -2.26. The number of nitrogens with one attached hydrogen (secondary N) is 1. The molecule has 11 nitrogen and oxygen atoms in total. The number of nitro benzene ring substituents is 1. The third-order valence-electron chi connectivity index (χ3n) is 6.87. The number of ether oxygens (including phenoxy) is 3. The quantitative estimate of drug-likeness (QED) is 0.0780. The number of carbonyl (C=O) groups excluding carboxylic acids is 3. The van der Waals surface area contributed by atoms with Gasteiger partial charge in [0.2, 0.25) is 0 Å². The van der Waals surface area contributed by atoms with E-state index in [0.29, 0.717) is 39.5 Å². The van der Waals surface area contributed by atoms with Gasteiger partial charge in [-0.3, -0.25) is 25.0 Å². The maximum Gasteiger partial charge on any atom is 0.335 e. The molecule has 1 aliphatic heterocycles. The number of non-ortho nitro benzene ring substituents is 1. The summed E-state index contributed by atoms with van der Waals surface area (Å²) in [5.41, 5.74) is 3.07. The minimum absolute atomic E-state index is 0.0224. The Labute approximate surface area is 272 Å². The fraction of sp³-hybridized carbons (Fsp3) is 0.147. The summed E-state index contributed by atoms with van der Waals surface area (Å²) in [4.78, 5) is 50.6. The molecule has 1 heterocycles. The third-order valence-corrected chi connectivity index (χ3v) is 7.46. The maximum atomic E-state index is 13.5. The molecule has 1 N–H and O–H groups in total. The molecule has 0 bridgehead atoms. The molecule has 0 saturated carbocycles. The molecule has 5 rings (SSSR count). The van der Waals surface area contributed by atoms with Crippen molar-refractivity contribution in [1.29, 1.82) is 0 Å². The summed E-state index contributed by atoms with van der Waals surface area (Å²) in [7, 11) is 0. The minimum atomic E-state index is -0.874. The van der Waals surface area contributed by atoms with E-state index in [9.17, 15) is 24.5 Å². The summed E-state index contributed by atoms with van der Waals surface area (Å²) >= 11 is 3.47. The van der Waals surface area contributed by atoms with Gasteiger partial charge in [-0.2, -0.15) is 0 Å². The van der Waals surface area contributed by atoms with Crippen LogP contribution in [-0.4, -0.2) is 29.4 Å². The van der Waals surface area contributed by atoms with E-state index in [1.807, 2.05) is 31.2 Å². The Morgan fingerprint density at radius 3 is 2.30 bits per heavy atom. The van der Waals surface area contributed by atoms with Gasteiger partial charge in [-0.1, -0.05) is 42.0 Å². The normalized spacial score (nSPS) is 13.8. The molecule has 4 amide bonds. The Morgan fingerprint density at radius 2 is 1.61 bits per heavy atom. The number of hydrogen-bond donors (Lipinski definition) is 1. The first kappa shape index (κ1) is 31.9. The molecule has 12 heteroatoms. The molecule has 1 fully saturated rings. The van der Waals surface area contributed by atoms with Gasteiger partial charge < -0.3 is 14.2 Å². The number of nitro groups is 1. The summed E-state index contributed by atoms with van der Waals surface area (Å²) in [5, 5.41) is 13.4. The summed E-state index contributed by atoms with van der Waals surface area (Å²) in [6, 6.07) is 22.8.